The Morgan fingerprint density at radius 3 is 2.45 bits per heavy atom. The molecule has 3 fully saturated rings. The maximum absolute atomic E-state index is 14.7. The summed E-state index contributed by atoms with van der Waals surface area (Å²) in [6, 6.07) is 7.24. The number of thioether (sulfide) groups is 1. The van der Waals surface area contributed by atoms with E-state index in [-0.39, 0.29) is 41.1 Å². The monoisotopic (exact) mass is 661 g/mol. The summed E-state index contributed by atoms with van der Waals surface area (Å²) in [5.41, 5.74) is 1.83. The number of alkyl halides is 1. The number of ether oxygens (including phenoxy) is 1. The second-order valence-corrected chi connectivity index (χ2v) is 13.9. The molecule has 8 nitrogen and oxygen atoms in total. The molecule has 1 aromatic carbocycles. The summed E-state index contributed by atoms with van der Waals surface area (Å²) in [6.45, 7) is 14.6. The number of aliphatic hydroxyl groups excluding tert-OH is 1. The highest BCUT2D eigenvalue weighted by Gasteiger charge is 2.76. The van der Waals surface area contributed by atoms with E-state index in [0.29, 0.717) is 38.8 Å². The van der Waals surface area contributed by atoms with Crippen molar-refractivity contribution in [3.05, 3.63) is 49.6 Å². The van der Waals surface area contributed by atoms with Crippen LogP contribution in [0.15, 0.2) is 49.6 Å². The maximum atomic E-state index is 14.7. The number of esters is 1. The van der Waals surface area contributed by atoms with Gasteiger partial charge in [-0.25, -0.2) is 0 Å². The fourth-order valence-electron chi connectivity index (χ4n) is 6.86. The molecule has 10 heteroatoms. The van der Waals surface area contributed by atoms with Gasteiger partial charge in [0.05, 0.1) is 23.2 Å². The number of rotatable bonds is 16. The smallest absolute Gasteiger partial charge is 0.310 e. The van der Waals surface area contributed by atoms with E-state index < -0.39 is 22.6 Å². The molecule has 3 aliphatic rings. The van der Waals surface area contributed by atoms with Crippen LogP contribution in [-0.4, -0.2) is 88.0 Å². The first-order valence-corrected chi connectivity index (χ1v) is 16.9. The first-order valence-electron chi connectivity index (χ1n) is 15.1. The number of nitrogens with zero attached hydrogens (tertiary/aromatic N) is 3. The van der Waals surface area contributed by atoms with Crippen LogP contribution in [0.4, 0.5) is 11.4 Å². The summed E-state index contributed by atoms with van der Waals surface area (Å²) in [5, 5.41) is 9.15. The molecule has 1 aromatic rings. The van der Waals surface area contributed by atoms with Crippen LogP contribution in [0.25, 0.3) is 0 Å². The molecule has 230 valence electrons. The van der Waals surface area contributed by atoms with Gasteiger partial charge in [0.15, 0.2) is 0 Å². The molecule has 3 saturated heterocycles. The normalized spacial score (nSPS) is 27.6. The predicted molar refractivity (Wildman–Crippen MR) is 173 cm³/mol. The number of halogens is 1. The molecule has 42 heavy (non-hydrogen) atoms. The second kappa shape index (κ2) is 14.4. The Morgan fingerprint density at radius 2 is 1.83 bits per heavy atom. The summed E-state index contributed by atoms with van der Waals surface area (Å²) in [4.78, 5) is 48.0. The highest BCUT2D eigenvalue weighted by Crippen LogP contribution is 2.68. The van der Waals surface area contributed by atoms with E-state index in [4.69, 9.17) is 4.74 Å². The lowest BCUT2D eigenvalue weighted by Crippen LogP contribution is -2.55. The number of likely N-dealkylation sites (tertiary alicyclic amines) is 1. The van der Waals surface area contributed by atoms with Crippen molar-refractivity contribution >= 4 is 56.9 Å². The lowest BCUT2D eigenvalue weighted by atomic mass is 9.71. The molecule has 6 atom stereocenters. The second-order valence-electron chi connectivity index (χ2n) is 11.2. The first kappa shape index (κ1) is 32.6. The number of fused-ring (bicyclic) bond motifs is 1. The molecule has 2 amide bonds. The molecule has 1 spiro atoms. The molecule has 2 bridgehead atoms. The maximum Gasteiger partial charge on any atom is 0.310 e. The van der Waals surface area contributed by atoms with Crippen molar-refractivity contribution in [1.82, 2.24) is 4.90 Å². The van der Waals surface area contributed by atoms with Crippen LogP contribution < -0.4 is 9.80 Å². The van der Waals surface area contributed by atoms with Crippen molar-refractivity contribution in [2.45, 2.75) is 66.8 Å². The van der Waals surface area contributed by atoms with Crippen LogP contribution in [0.2, 0.25) is 0 Å². The van der Waals surface area contributed by atoms with Gasteiger partial charge in [0, 0.05) is 54.2 Å². The molecular formula is C32H44BrN3O5S. The SMILES string of the molecule is C=CCCOC(=O)[C@H]1[C@@H]2SC3(CC2Br)C(C(=O)N(CC=C)c2ccc(N(CC)CC)cc2)N(CCCCCO)C(=O)[C@H]13. The average Bonchev–Trinajstić information content (AvgIpc) is 3.58. The van der Waals surface area contributed by atoms with Crippen LogP contribution in [0.5, 0.6) is 0 Å². The molecule has 3 aliphatic heterocycles. The van der Waals surface area contributed by atoms with Gasteiger partial charge >= 0.3 is 5.97 Å². The molecule has 0 radical (unpaired) electrons. The van der Waals surface area contributed by atoms with Crippen LogP contribution in [0.3, 0.4) is 0 Å². The molecule has 4 rings (SSSR count). The number of carbonyl (C=O) groups excluding carboxylic acids is 3. The average molecular weight is 663 g/mol. The summed E-state index contributed by atoms with van der Waals surface area (Å²) in [6.07, 6.45) is 6.60. The highest BCUT2D eigenvalue weighted by molar-refractivity contribution is 9.09. The van der Waals surface area contributed by atoms with Gasteiger partial charge in [0.25, 0.3) is 5.91 Å². The number of unbranched alkanes of at least 4 members (excludes halogenated alkanes) is 2. The molecule has 0 aliphatic carbocycles. The van der Waals surface area contributed by atoms with E-state index >= 15 is 0 Å². The summed E-state index contributed by atoms with van der Waals surface area (Å²) in [5.74, 6) is -1.92. The minimum atomic E-state index is -0.743. The highest BCUT2D eigenvalue weighted by atomic mass is 79.9. The molecular weight excluding hydrogens is 618 g/mol. The third-order valence-corrected chi connectivity index (χ3v) is 12.0. The molecule has 3 unspecified atom stereocenters. The van der Waals surface area contributed by atoms with Crippen molar-refractivity contribution < 1.29 is 24.2 Å². The molecule has 3 heterocycles. The van der Waals surface area contributed by atoms with E-state index in [1.165, 1.54) is 0 Å². The Balaban J connectivity index is 1.71. The van der Waals surface area contributed by atoms with E-state index in [0.717, 1.165) is 30.9 Å². The van der Waals surface area contributed by atoms with Crippen LogP contribution in [0.1, 0.15) is 46.0 Å². The number of aliphatic hydroxyl groups is 1. The number of hydrogen-bond acceptors (Lipinski definition) is 7. The summed E-state index contributed by atoms with van der Waals surface area (Å²) in [7, 11) is 0. The number of carbonyl (C=O) groups is 3. The Hall–Kier alpha value is -2.30. The fraction of sp³-hybridized carbons (Fsp3) is 0.594. The Kier molecular flexibility index (Phi) is 11.2. The Labute approximate surface area is 262 Å². The third-order valence-electron chi connectivity index (χ3n) is 8.79. The Morgan fingerprint density at radius 1 is 1.14 bits per heavy atom. The van der Waals surface area contributed by atoms with E-state index in [9.17, 15) is 19.5 Å². The topological polar surface area (TPSA) is 90.4 Å². The minimum Gasteiger partial charge on any atom is -0.465 e. The van der Waals surface area contributed by atoms with Crippen molar-refractivity contribution in [3.63, 3.8) is 0 Å². The molecule has 0 aromatic heterocycles. The van der Waals surface area contributed by atoms with Gasteiger partial charge in [0.1, 0.15) is 6.04 Å². The lowest BCUT2D eigenvalue weighted by molar-refractivity contribution is -0.154. The van der Waals surface area contributed by atoms with Gasteiger partial charge in [-0.2, -0.15) is 0 Å². The van der Waals surface area contributed by atoms with Gasteiger partial charge in [-0.05, 0) is 70.2 Å². The summed E-state index contributed by atoms with van der Waals surface area (Å²) < 4.78 is 4.87. The largest absolute Gasteiger partial charge is 0.465 e. The molecule has 1 N–H and O–H groups in total. The van der Waals surface area contributed by atoms with Crippen molar-refractivity contribution in [2.24, 2.45) is 11.8 Å². The number of hydrogen-bond donors (Lipinski definition) is 1. The van der Waals surface area contributed by atoms with E-state index in [2.05, 4.69) is 47.8 Å². The number of anilines is 2. The van der Waals surface area contributed by atoms with Crippen molar-refractivity contribution in [3.8, 4) is 0 Å². The Bertz CT molecular complexity index is 1150. The van der Waals surface area contributed by atoms with Gasteiger partial charge in [-0.15, -0.1) is 24.9 Å². The van der Waals surface area contributed by atoms with E-state index in [1.807, 2.05) is 24.3 Å². The summed E-state index contributed by atoms with van der Waals surface area (Å²) >= 11 is 5.42. The van der Waals surface area contributed by atoms with Crippen LogP contribution in [-0.2, 0) is 19.1 Å². The van der Waals surface area contributed by atoms with Crippen LogP contribution in [0, 0.1) is 11.8 Å². The zero-order valence-corrected chi connectivity index (χ0v) is 27.2. The number of amides is 2. The van der Waals surface area contributed by atoms with Gasteiger partial charge in [0.2, 0.25) is 5.91 Å². The van der Waals surface area contributed by atoms with Gasteiger partial charge in [-0.1, -0.05) is 28.1 Å². The zero-order valence-electron chi connectivity index (χ0n) is 24.8. The van der Waals surface area contributed by atoms with Crippen molar-refractivity contribution in [2.75, 3.05) is 49.2 Å². The van der Waals surface area contributed by atoms with Crippen LogP contribution >= 0.6 is 27.7 Å². The first-order chi connectivity index (χ1) is 20.3. The lowest BCUT2D eigenvalue weighted by Gasteiger charge is -2.38. The fourth-order valence-corrected chi connectivity index (χ4v) is 10.5. The number of benzene rings is 1. The third kappa shape index (κ3) is 6.04. The molecule has 0 saturated carbocycles. The quantitative estimate of drug-likeness (QED) is 0.118. The van der Waals surface area contributed by atoms with Gasteiger partial charge < -0.3 is 24.5 Å². The minimum absolute atomic E-state index is 0.0191. The van der Waals surface area contributed by atoms with Gasteiger partial charge in [-0.3, -0.25) is 14.4 Å². The standard InChI is InChI=1S/C32H44BrN3O5S/c1-5-9-20-41-31(40)25-26-29(38)36(18-11-10-12-19-37)28(32(26)21-24(33)27(25)42-32)30(39)35(17-6-2)23-15-13-22(14-16-23)34(7-3)8-4/h5-6,13-16,24-28,37H,1-2,7-12,17-21H2,3-4H3/t24?,25-,26+,27-,28?,32?/m1/s1. The predicted octanol–water partition coefficient (Wildman–Crippen LogP) is 4.80. The van der Waals surface area contributed by atoms with E-state index in [1.54, 1.807) is 33.7 Å². The zero-order chi connectivity index (χ0) is 30.4. The van der Waals surface area contributed by atoms with Crippen molar-refractivity contribution in [1.29, 1.82) is 0 Å².